The van der Waals surface area contributed by atoms with E-state index in [9.17, 15) is 0 Å². The van der Waals surface area contributed by atoms with Gasteiger partial charge >= 0.3 is 0 Å². The zero-order valence-corrected chi connectivity index (χ0v) is 17.2. The molecule has 0 aliphatic carbocycles. The minimum Gasteiger partial charge on any atom is -0.486 e. The van der Waals surface area contributed by atoms with E-state index in [2.05, 4.69) is 10.5 Å². The summed E-state index contributed by atoms with van der Waals surface area (Å²) in [7, 11) is 0. The van der Waals surface area contributed by atoms with Crippen LogP contribution in [0.3, 0.4) is 0 Å². The SMILES string of the molecule is Cc1ccccc1N/N=C/c1cn(-c2ccccc2)nc1-c1ccc2c(c1)OCCO2. The van der Waals surface area contributed by atoms with Gasteiger partial charge in [-0.1, -0.05) is 36.4 Å². The normalized spacial score (nSPS) is 12.8. The number of hydrogen-bond acceptors (Lipinski definition) is 5. The maximum atomic E-state index is 5.76. The van der Waals surface area contributed by atoms with Crippen molar-refractivity contribution in [2.45, 2.75) is 6.92 Å². The highest BCUT2D eigenvalue weighted by Crippen LogP contribution is 2.35. The standard InChI is InChI=1S/C25H22N4O2/c1-18-7-5-6-10-22(18)27-26-16-20-17-29(21-8-3-2-4-9-21)28-25(20)19-11-12-23-24(15-19)31-14-13-30-23/h2-12,15-17,27H,13-14H2,1H3/b26-16+. The second kappa shape index (κ2) is 8.36. The van der Waals surface area contributed by atoms with Crippen molar-refractivity contribution >= 4 is 11.9 Å². The molecule has 0 fully saturated rings. The number of nitrogens with one attached hydrogen (secondary N) is 1. The van der Waals surface area contributed by atoms with E-state index in [-0.39, 0.29) is 0 Å². The largest absolute Gasteiger partial charge is 0.486 e. The number of ether oxygens (including phenoxy) is 2. The van der Waals surface area contributed by atoms with Crippen molar-refractivity contribution in [2.24, 2.45) is 5.10 Å². The number of para-hydroxylation sites is 2. The zero-order chi connectivity index (χ0) is 21.0. The number of hydrazone groups is 1. The second-order valence-corrected chi connectivity index (χ2v) is 7.26. The van der Waals surface area contributed by atoms with Crippen molar-refractivity contribution in [3.05, 3.63) is 90.1 Å². The van der Waals surface area contributed by atoms with Crippen LogP contribution in [-0.2, 0) is 0 Å². The summed E-state index contributed by atoms with van der Waals surface area (Å²) in [5.41, 5.74) is 8.85. The molecular weight excluding hydrogens is 388 g/mol. The Balaban J connectivity index is 1.52. The fraction of sp³-hybridized carbons (Fsp3) is 0.120. The maximum absolute atomic E-state index is 5.76. The van der Waals surface area contributed by atoms with Crippen LogP contribution in [0.25, 0.3) is 16.9 Å². The van der Waals surface area contributed by atoms with Crippen LogP contribution >= 0.6 is 0 Å². The molecular formula is C25H22N4O2. The van der Waals surface area contributed by atoms with E-state index < -0.39 is 0 Å². The Morgan fingerprint density at radius 2 is 1.71 bits per heavy atom. The Morgan fingerprint density at radius 1 is 0.935 bits per heavy atom. The highest BCUT2D eigenvalue weighted by Gasteiger charge is 2.16. The molecule has 0 spiro atoms. The van der Waals surface area contributed by atoms with Gasteiger partial charge in [-0.05, 0) is 48.9 Å². The number of hydrogen-bond donors (Lipinski definition) is 1. The van der Waals surface area contributed by atoms with Crippen LogP contribution in [0.5, 0.6) is 11.5 Å². The number of fused-ring (bicyclic) bond motifs is 1. The summed E-state index contributed by atoms with van der Waals surface area (Å²) in [5, 5.41) is 9.31. The first-order valence-corrected chi connectivity index (χ1v) is 10.2. The fourth-order valence-corrected chi connectivity index (χ4v) is 3.48. The van der Waals surface area contributed by atoms with E-state index >= 15 is 0 Å². The number of benzene rings is 3. The van der Waals surface area contributed by atoms with Crippen molar-refractivity contribution in [3.8, 4) is 28.4 Å². The van der Waals surface area contributed by atoms with Crippen molar-refractivity contribution in [1.29, 1.82) is 0 Å². The number of rotatable bonds is 5. The summed E-state index contributed by atoms with van der Waals surface area (Å²) >= 11 is 0. The van der Waals surface area contributed by atoms with Crippen LogP contribution in [0, 0.1) is 6.92 Å². The summed E-state index contributed by atoms with van der Waals surface area (Å²) in [6.45, 7) is 3.16. The van der Waals surface area contributed by atoms with Gasteiger partial charge in [0.05, 0.1) is 17.6 Å². The highest BCUT2D eigenvalue weighted by atomic mass is 16.6. The molecule has 4 aromatic rings. The van der Waals surface area contributed by atoms with Gasteiger partial charge < -0.3 is 9.47 Å². The molecule has 1 aliphatic rings. The number of nitrogens with zero attached hydrogens (tertiary/aromatic N) is 3. The third kappa shape index (κ3) is 4.00. The fourth-order valence-electron chi connectivity index (χ4n) is 3.48. The van der Waals surface area contributed by atoms with Crippen LogP contribution < -0.4 is 14.9 Å². The number of anilines is 1. The van der Waals surface area contributed by atoms with Crippen molar-refractivity contribution in [2.75, 3.05) is 18.6 Å². The number of aryl methyl sites for hydroxylation is 1. The maximum Gasteiger partial charge on any atom is 0.162 e. The summed E-state index contributed by atoms with van der Waals surface area (Å²) in [6.07, 6.45) is 3.77. The minimum absolute atomic E-state index is 0.545. The molecule has 0 bridgehead atoms. The molecule has 31 heavy (non-hydrogen) atoms. The Labute approximate surface area is 180 Å². The van der Waals surface area contributed by atoms with Crippen LogP contribution in [0.1, 0.15) is 11.1 Å². The summed E-state index contributed by atoms with van der Waals surface area (Å²) in [6, 6.07) is 24.0. The lowest BCUT2D eigenvalue weighted by atomic mass is 10.1. The lowest BCUT2D eigenvalue weighted by Crippen LogP contribution is -2.15. The molecule has 0 atom stereocenters. The Morgan fingerprint density at radius 3 is 2.55 bits per heavy atom. The molecule has 5 rings (SSSR count). The first-order valence-electron chi connectivity index (χ1n) is 10.2. The van der Waals surface area contributed by atoms with Gasteiger partial charge in [-0.3, -0.25) is 5.43 Å². The van der Waals surface area contributed by atoms with Gasteiger partial charge in [-0.15, -0.1) is 0 Å². The second-order valence-electron chi connectivity index (χ2n) is 7.26. The van der Waals surface area contributed by atoms with E-state index in [1.54, 1.807) is 6.21 Å². The lowest BCUT2D eigenvalue weighted by Gasteiger charge is -2.18. The molecule has 6 heteroatoms. The molecule has 0 amide bonds. The molecule has 0 radical (unpaired) electrons. The van der Waals surface area contributed by atoms with Gasteiger partial charge in [0.1, 0.15) is 18.9 Å². The molecule has 2 heterocycles. The van der Waals surface area contributed by atoms with E-state index in [4.69, 9.17) is 14.6 Å². The van der Waals surface area contributed by atoms with Crippen LogP contribution in [0.2, 0.25) is 0 Å². The predicted molar refractivity (Wildman–Crippen MR) is 122 cm³/mol. The van der Waals surface area contributed by atoms with Gasteiger partial charge in [0.2, 0.25) is 0 Å². The minimum atomic E-state index is 0.545. The van der Waals surface area contributed by atoms with E-state index in [1.165, 1.54) is 0 Å². The Hall–Kier alpha value is -4.06. The van der Waals surface area contributed by atoms with Crippen LogP contribution in [-0.4, -0.2) is 29.2 Å². The van der Waals surface area contributed by atoms with Crippen LogP contribution in [0.4, 0.5) is 5.69 Å². The van der Waals surface area contributed by atoms with E-state index in [0.29, 0.717) is 13.2 Å². The average molecular weight is 410 g/mol. The molecule has 0 unspecified atom stereocenters. The monoisotopic (exact) mass is 410 g/mol. The molecule has 1 aromatic heterocycles. The lowest BCUT2D eigenvalue weighted by molar-refractivity contribution is 0.171. The van der Waals surface area contributed by atoms with Crippen molar-refractivity contribution in [3.63, 3.8) is 0 Å². The molecule has 3 aromatic carbocycles. The molecule has 6 nitrogen and oxygen atoms in total. The predicted octanol–water partition coefficient (Wildman–Crippen LogP) is 5.06. The van der Waals surface area contributed by atoms with Gasteiger partial charge in [0.25, 0.3) is 0 Å². The third-order valence-corrected chi connectivity index (χ3v) is 5.11. The van der Waals surface area contributed by atoms with E-state index in [0.717, 1.165) is 45.3 Å². The summed E-state index contributed by atoms with van der Waals surface area (Å²) in [5.74, 6) is 1.49. The Kier molecular flexibility index (Phi) is 5.10. The van der Waals surface area contributed by atoms with Gasteiger partial charge in [0, 0.05) is 17.3 Å². The third-order valence-electron chi connectivity index (χ3n) is 5.11. The summed E-state index contributed by atoms with van der Waals surface area (Å²) < 4.78 is 13.3. The zero-order valence-electron chi connectivity index (χ0n) is 17.2. The molecule has 1 N–H and O–H groups in total. The van der Waals surface area contributed by atoms with Gasteiger partial charge in [-0.25, -0.2) is 4.68 Å². The first-order chi connectivity index (χ1) is 15.3. The summed E-state index contributed by atoms with van der Waals surface area (Å²) in [4.78, 5) is 0. The smallest absolute Gasteiger partial charge is 0.162 e. The topological polar surface area (TPSA) is 60.7 Å². The number of aromatic nitrogens is 2. The van der Waals surface area contributed by atoms with Crippen molar-refractivity contribution < 1.29 is 9.47 Å². The van der Waals surface area contributed by atoms with Crippen molar-refractivity contribution in [1.82, 2.24) is 9.78 Å². The molecule has 154 valence electrons. The Bertz CT molecular complexity index is 1230. The van der Waals surface area contributed by atoms with Crippen LogP contribution in [0.15, 0.2) is 84.1 Å². The molecule has 1 aliphatic heterocycles. The van der Waals surface area contributed by atoms with Gasteiger partial charge in [0.15, 0.2) is 11.5 Å². The van der Waals surface area contributed by atoms with Gasteiger partial charge in [-0.2, -0.15) is 10.2 Å². The quantitative estimate of drug-likeness (QED) is 0.369. The molecule has 0 saturated carbocycles. The molecule has 0 saturated heterocycles. The first kappa shape index (κ1) is 18.9. The van der Waals surface area contributed by atoms with E-state index in [1.807, 2.05) is 90.6 Å². The average Bonchev–Trinajstić information content (AvgIpc) is 3.25. The highest BCUT2D eigenvalue weighted by molar-refractivity contribution is 5.89.